The highest BCUT2D eigenvalue weighted by Crippen LogP contribution is 2.28. The minimum atomic E-state index is -0.232. The predicted octanol–water partition coefficient (Wildman–Crippen LogP) is 3.69. The van der Waals surface area contributed by atoms with Gasteiger partial charge in [-0.05, 0) is 37.1 Å². The Balaban J connectivity index is 1.63. The Hall–Kier alpha value is -0.920. The summed E-state index contributed by atoms with van der Waals surface area (Å²) in [5.74, 6) is 0.865. The first-order chi connectivity index (χ1) is 9.72. The quantitative estimate of drug-likeness (QED) is 0.845. The van der Waals surface area contributed by atoms with Crippen molar-refractivity contribution in [3.63, 3.8) is 0 Å². The molecule has 2 aromatic rings. The third kappa shape index (κ3) is 3.21. The lowest BCUT2D eigenvalue weighted by Gasteiger charge is -2.03. The van der Waals surface area contributed by atoms with E-state index in [9.17, 15) is 4.39 Å². The lowest BCUT2D eigenvalue weighted by molar-refractivity contribution is 0.374. The molecule has 20 heavy (non-hydrogen) atoms. The third-order valence-corrected chi connectivity index (χ3v) is 4.51. The van der Waals surface area contributed by atoms with Gasteiger partial charge in [0, 0.05) is 10.2 Å². The fraction of sp³-hybridized carbons (Fsp3) is 0.385. The summed E-state index contributed by atoms with van der Waals surface area (Å²) in [6.07, 6.45) is 2.15. The number of benzene rings is 1. The second-order valence-electron chi connectivity index (χ2n) is 4.58. The average molecular weight is 358 g/mol. The SMILES string of the molecule is Fc1cc(Br)ccc1CSc1nnc(C2CCCN2)o1. The molecule has 1 saturated heterocycles. The van der Waals surface area contributed by atoms with Crippen LogP contribution in [0.25, 0.3) is 0 Å². The van der Waals surface area contributed by atoms with Gasteiger partial charge in [0.2, 0.25) is 5.89 Å². The summed E-state index contributed by atoms with van der Waals surface area (Å²) in [5, 5.41) is 11.8. The third-order valence-electron chi connectivity index (χ3n) is 3.15. The number of aromatic nitrogens is 2. The molecule has 1 atom stereocenters. The largest absolute Gasteiger partial charge is 0.414 e. The van der Waals surface area contributed by atoms with Gasteiger partial charge in [0.05, 0.1) is 6.04 Å². The van der Waals surface area contributed by atoms with Gasteiger partial charge in [-0.15, -0.1) is 10.2 Å². The number of thioether (sulfide) groups is 1. The molecule has 1 N–H and O–H groups in total. The highest BCUT2D eigenvalue weighted by Gasteiger charge is 2.22. The topological polar surface area (TPSA) is 51.0 Å². The van der Waals surface area contributed by atoms with Crippen molar-refractivity contribution in [3.05, 3.63) is 39.9 Å². The number of halogens is 2. The van der Waals surface area contributed by atoms with Crippen LogP contribution in [0.15, 0.2) is 32.3 Å². The fourth-order valence-corrected chi connectivity index (χ4v) is 3.18. The molecule has 0 bridgehead atoms. The first-order valence-electron chi connectivity index (χ1n) is 6.36. The Bertz CT molecular complexity index is 601. The second kappa shape index (κ2) is 6.24. The summed E-state index contributed by atoms with van der Waals surface area (Å²) >= 11 is 4.59. The molecule has 0 amide bonds. The summed E-state index contributed by atoms with van der Waals surface area (Å²) in [5.41, 5.74) is 0.622. The molecule has 7 heteroatoms. The zero-order chi connectivity index (χ0) is 13.9. The molecule has 4 nitrogen and oxygen atoms in total. The molecule has 0 radical (unpaired) electrons. The molecule has 1 aliphatic rings. The molecule has 0 aliphatic carbocycles. The molecule has 0 saturated carbocycles. The van der Waals surface area contributed by atoms with Crippen LogP contribution in [0.4, 0.5) is 4.39 Å². The Kier molecular flexibility index (Phi) is 4.38. The lowest BCUT2D eigenvalue weighted by atomic mass is 10.2. The van der Waals surface area contributed by atoms with E-state index in [1.54, 1.807) is 6.07 Å². The molecule has 3 rings (SSSR count). The predicted molar refractivity (Wildman–Crippen MR) is 77.9 cm³/mol. The molecule has 1 aromatic heterocycles. The van der Waals surface area contributed by atoms with E-state index >= 15 is 0 Å². The van der Waals surface area contributed by atoms with Crippen LogP contribution in [-0.4, -0.2) is 16.7 Å². The Morgan fingerprint density at radius 1 is 1.45 bits per heavy atom. The zero-order valence-electron chi connectivity index (χ0n) is 10.6. The second-order valence-corrected chi connectivity index (χ2v) is 6.42. The summed E-state index contributed by atoms with van der Waals surface area (Å²) < 4.78 is 20.0. The van der Waals surface area contributed by atoms with Gasteiger partial charge in [-0.1, -0.05) is 33.8 Å². The number of nitrogens with one attached hydrogen (secondary N) is 1. The van der Waals surface area contributed by atoms with Crippen LogP contribution in [0, 0.1) is 5.82 Å². The maximum absolute atomic E-state index is 13.7. The van der Waals surface area contributed by atoms with E-state index in [0.29, 0.717) is 22.4 Å². The van der Waals surface area contributed by atoms with E-state index in [-0.39, 0.29) is 11.9 Å². The minimum Gasteiger partial charge on any atom is -0.414 e. The van der Waals surface area contributed by atoms with Crippen LogP contribution < -0.4 is 5.32 Å². The zero-order valence-corrected chi connectivity index (χ0v) is 13.0. The Morgan fingerprint density at radius 2 is 2.35 bits per heavy atom. The normalized spacial score (nSPS) is 18.6. The molecule has 106 valence electrons. The van der Waals surface area contributed by atoms with E-state index in [4.69, 9.17) is 4.42 Å². The van der Waals surface area contributed by atoms with E-state index < -0.39 is 0 Å². The first-order valence-corrected chi connectivity index (χ1v) is 8.14. The monoisotopic (exact) mass is 357 g/mol. The van der Waals surface area contributed by atoms with Crippen LogP contribution in [-0.2, 0) is 5.75 Å². The van der Waals surface area contributed by atoms with Crippen molar-refractivity contribution in [3.8, 4) is 0 Å². The van der Waals surface area contributed by atoms with Gasteiger partial charge in [0.15, 0.2) is 0 Å². The van der Waals surface area contributed by atoms with Gasteiger partial charge in [-0.2, -0.15) is 0 Å². The Morgan fingerprint density at radius 3 is 3.10 bits per heavy atom. The smallest absolute Gasteiger partial charge is 0.276 e. The van der Waals surface area contributed by atoms with Crippen molar-refractivity contribution in [2.24, 2.45) is 0 Å². The van der Waals surface area contributed by atoms with Crippen molar-refractivity contribution < 1.29 is 8.81 Å². The van der Waals surface area contributed by atoms with Crippen LogP contribution >= 0.6 is 27.7 Å². The molecule has 2 heterocycles. The first kappa shape index (κ1) is 14.0. The number of hydrogen-bond donors (Lipinski definition) is 1. The van der Waals surface area contributed by atoms with Gasteiger partial charge in [0.25, 0.3) is 5.22 Å². The van der Waals surface area contributed by atoms with Crippen molar-refractivity contribution in [1.82, 2.24) is 15.5 Å². The van der Waals surface area contributed by atoms with Crippen LogP contribution in [0.2, 0.25) is 0 Å². The molecule has 1 unspecified atom stereocenters. The van der Waals surface area contributed by atoms with Crippen molar-refractivity contribution in [2.45, 2.75) is 29.9 Å². The van der Waals surface area contributed by atoms with Gasteiger partial charge in [0.1, 0.15) is 5.82 Å². The standard InChI is InChI=1S/C13H13BrFN3OS/c14-9-4-3-8(10(15)6-9)7-20-13-18-17-12(19-13)11-2-1-5-16-11/h3-4,6,11,16H,1-2,5,7H2. The Labute approximate surface area is 128 Å². The van der Waals surface area contributed by atoms with Crippen molar-refractivity contribution in [2.75, 3.05) is 6.54 Å². The highest BCUT2D eigenvalue weighted by atomic mass is 79.9. The molecule has 0 spiro atoms. The number of nitrogens with zero attached hydrogens (tertiary/aromatic N) is 2. The summed E-state index contributed by atoms with van der Waals surface area (Å²) in [7, 11) is 0. The van der Waals surface area contributed by atoms with Gasteiger partial charge < -0.3 is 9.73 Å². The summed E-state index contributed by atoms with van der Waals surface area (Å²) in [4.78, 5) is 0. The fourth-order valence-electron chi connectivity index (χ4n) is 2.09. The molecule has 1 aliphatic heterocycles. The molecular weight excluding hydrogens is 345 g/mol. The number of rotatable bonds is 4. The van der Waals surface area contributed by atoms with Gasteiger partial charge in [-0.3, -0.25) is 0 Å². The van der Waals surface area contributed by atoms with Crippen LogP contribution in [0.3, 0.4) is 0 Å². The maximum atomic E-state index is 13.7. The minimum absolute atomic E-state index is 0.168. The van der Waals surface area contributed by atoms with Crippen molar-refractivity contribution >= 4 is 27.7 Å². The highest BCUT2D eigenvalue weighted by molar-refractivity contribution is 9.10. The number of hydrogen-bond acceptors (Lipinski definition) is 5. The lowest BCUT2D eigenvalue weighted by Crippen LogP contribution is -2.12. The van der Waals surface area contributed by atoms with Crippen LogP contribution in [0.1, 0.15) is 30.3 Å². The van der Waals surface area contributed by atoms with Crippen molar-refractivity contribution in [1.29, 1.82) is 0 Å². The van der Waals surface area contributed by atoms with E-state index in [0.717, 1.165) is 23.9 Å². The molecule has 1 aromatic carbocycles. The maximum Gasteiger partial charge on any atom is 0.276 e. The average Bonchev–Trinajstić information content (AvgIpc) is 3.08. The summed E-state index contributed by atoms with van der Waals surface area (Å²) in [6.45, 7) is 0.986. The van der Waals surface area contributed by atoms with Gasteiger partial charge in [-0.25, -0.2) is 4.39 Å². The van der Waals surface area contributed by atoms with Gasteiger partial charge >= 0.3 is 0 Å². The van der Waals surface area contributed by atoms with Crippen LogP contribution in [0.5, 0.6) is 0 Å². The summed E-state index contributed by atoms with van der Waals surface area (Å²) in [6, 6.07) is 5.20. The van der Waals surface area contributed by atoms with E-state index in [1.165, 1.54) is 17.8 Å². The molecular formula is C13H13BrFN3OS. The van der Waals surface area contributed by atoms with E-state index in [1.807, 2.05) is 6.07 Å². The van der Waals surface area contributed by atoms with E-state index in [2.05, 4.69) is 31.4 Å². The molecule has 1 fully saturated rings.